The van der Waals surface area contributed by atoms with E-state index in [1.165, 1.54) is 22.0 Å². The Kier molecular flexibility index (Phi) is 8.37. The molecule has 4 aromatic rings. The lowest BCUT2D eigenvalue weighted by atomic mass is 9.94. The molecule has 3 aromatic carbocycles. The van der Waals surface area contributed by atoms with Crippen LogP contribution in [0.4, 0.5) is 5.69 Å². The quantitative estimate of drug-likeness (QED) is 0.154. The van der Waals surface area contributed by atoms with Crippen molar-refractivity contribution >= 4 is 40.7 Å². The molecule has 0 bridgehead atoms. The van der Waals surface area contributed by atoms with E-state index < -0.39 is 16.9 Å². The smallest absolute Gasteiger partial charge is 0.338 e. The van der Waals surface area contributed by atoms with E-state index in [0.717, 1.165) is 11.1 Å². The second-order valence-corrected chi connectivity index (χ2v) is 11.0. The van der Waals surface area contributed by atoms with Gasteiger partial charge in [0.05, 0.1) is 33.4 Å². The van der Waals surface area contributed by atoms with Gasteiger partial charge in [-0.3, -0.25) is 19.5 Å². The zero-order valence-corrected chi connectivity index (χ0v) is 24.6. The number of hydrogen-bond donors (Lipinski definition) is 0. The third kappa shape index (κ3) is 5.90. The molecule has 11 heteroatoms. The number of nitro groups is 1. The molecule has 0 unspecified atom stereocenters. The van der Waals surface area contributed by atoms with Crippen molar-refractivity contribution in [3.8, 4) is 5.75 Å². The van der Waals surface area contributed by atoms with Crippen LogP contribution in [0.25, 0.3) is 6.08 Å². The summed E-state index contributed by atoms with van der Waals surface area (Å²) in [5, 5.41) is 12.4. The molecule has 42 heavy (non-hydrogen) atoms. The van der Waals surface area contributed by atoms with E-state index in [2.05, 4.69) is 4.99 Å². The maximum atomic E-state index is 13.8. The van der Waals surface area contributed by atoms with Gasteiger partial charge in [-0.25, -0.2) is 9.79 Å². The molecule has 0 saturated carbocycles. The van der Waals surface area contributed by atoms with E-state index in [9.17, 15) is 19.7 Å². The van der Waals surface area contributed by atoms with Crippen molar-refractivity contribution in [3.63, 3.8) is 0 Å². The van der Waals surface area contributed by atoms with Crippen molar-refractivity contribution < 1.29 is 19.2 Å². The van der Waals surface area contributed by atoms with E-state index in [-0.39, 0.29) is 23.4 Å². The van der Waals surface area contributed by atoms with Gasteiger partial charge >= 0.3 is 5.97 Å². The maximum absolute atomic E-state index is 13.8. The topological polar surface area (TPSA) is 113 Å². The number of nitro benzene ring substituents is 1. The van der Waals surface area contributed by atoms with Crippen LogP contribution in [0.3, 0.4) is 0 Å². The Morgan fingerprint density at radius 2 is 1.83 bits per heavy atom. The lowest BCUT2D eigenvalue weighted by Gasteiger charge is -2.24. The van der Waals surface area contributed by atoms with Crippen LogP contribution in [-0.2, 0) is 16.1 Å². The fraction of sp³-hybridized carbons (Fsp3) is 0.194. The summed E-state index contributed by atoms with van der Waals surface area (Å²) < 4.78 is 13.0. The molecule has 0 spiro atoms. The number of ether oxygens (including phenoxy) is 2. The minimum Gasteiger partial charge on any atom is -0.489 e. The summed E-state index contributed by atoms with van der Waals surface area (Å²) >= 11 is 7.12. The number of thiazole rings is 1. The second kappa shape index (κ2) is 12.1. The average Bonchev–Trinajstić information content (AvgIpc) is 3.27. The van der Waals surface area contributed by atoms with Gasteiger partial charge in [0.1, 0.15) is 12.4 Å². The van der Waals surface area contributed by atoms with Gasteiger partial charge in [-0.15, -0.1) is 0 Å². The molecule has 0 radical (unpaired) electrons. The summed E-state index contributed by atoms with van der Waals surface area (Å²) in [6.07, 6.45) is 1.74. The van der Waals surface area contributed by atoms with Crippen molar-refractivity contribution in [1.29, 1.82) is 0 Å². The number of esters is 1. The molecule has 9 nitrogen and oxygen atoms in total. The number of rotatable bonds is 8. The first kappa shape index (κ1) is 29.0. The predicted molar refractivity (Wildman–Crippen MR) is 160 cm³/mol. The number of allylic oxidation sites excluding steroid dienone is 1. The van der Waals surface area contributed by atoms with E-state index >= 15 is 0 Å². The van der Waals surface area contributed by atoms with Gasteiger partial charge in [0.25, 0.3) is 11.2 Å². The third-order valence-electron chi connectivity index (χ3n) is 6.76. The average molecular weight is 604 g/mol. The SMILES string of the molecule is CCOC(=O)C1=C(C)N=c2s/c(=C/c3ccc(OCc4ccc(Cl)cc4)cc3)c(=O)n2[C@H]1c1ccc(C)c([N+](=O)[O-])c1. The van der Waals surface area contributed by atoms with Gasteiger partial charge < -0.3 is 9.47 Å². The molecule has 1 atom stereocenters. The summed E-state index contributed by atoms with van der Waals surface area (Å²) in [6.45, 7) is 5.49. The molecule has 0 N–H and O–H groups in total. The minimum absolute atomic E-state index is 0.106. The number of carbonyl (C=O) groups excluding carboxylic acids is 1. The Morgan fingerprint density at radius 3 is 2.50 bits per heavy atom. The summed E-state index contributed by atoms with van der Waals surface area (Å²) in [4.78, 5) is 43.0. The van der Waals surface area contributed by atoms with Gasteiger partial charge in [0.2, 0.25) is 0 Å². The second-order valence-electron chi connectivity index (χ2n) is 9.59. The molecular formula is C31H26ClN3O6S. The number of aryl methyl sites for hydroxylation is 1. The van der Waals surface area contributed by atoms with Crippen LogP contribution in [0.15, 0.2) is 87.8 Å². The molecule has 214 valence electrons. The monoisotopic (exact) mass is 603 g/mol. The lowest BCUT2D eigenvalue weighted by Crippen LogP contribution is -2.40. The number of nitrogens with zero attached hydrogens (tertiary/aromatic N) is 3. The van der Waals surface area contributed by atoms with Crippen molar-refractivity contribution in [1.82, 2.24) is 4.57 Å². The Balaban J connectivity index is 1.53. The van der Waals surface area contributed by atoms with Crippen LogP contribution in [0.2, 0.25) is 5.02 Å². The predicted octanol–water partition coefficient (Wildman–Crippen LogP) is 5.25. The Bertz CT molecular complexity index is 1890. The molecular weight excluding hydrogens is 578 g/mol. The van der Waals surface area contributed by atoms with Crippen molar-refractivity contribution in [2.75, 3.05) is 6.61 Å². The van der Waals surface area contributed by atoms with Crippen molar-refractivity contribution in [2.45, 2.75) is 33.4 Å². The highest BCUT2D eigenvalue weighted by Crippen LogP contribution is 2.33. The van der Waals surface area contributed by atoms with Crippen LogP contribution in [0.5, 0.6) is 5.75 Å². The summed E-state index contributed by atoms with van der Waals surface area (Å²) in [5.41, 5.74) is 2.70. The molecule has 0 fully saturated rings. The number of fused-ring (bicyclic) bond motifs is 1. The highest BCUT2D eigenvalue weighted by Gasteiger charge is 2.34. The molecule has 0 saturated heterocycles. The van der Waals surface area contributed by atoms with Crippen LogP contribution in [-0.4, -0.2) is 22.1 Å². The van der Waals surface area contributed by atoms with E-state index in [1.807, 2.05) is 36.4 Å². The number of aromatic nitrogens is 1. The number of halogens is 1. The molecule has 0 amide bonds. The number of carbonyl (C=O) groups is 1. The largest absolute Gasteiger partial charge is 0.489 e. The Morgan fingerprint density at radius 1 is 1.12 bits per heavy atom. The van der Waals surface area contributed by atoms with Gasteiger partial charge in [0, 0.05) is 16.7 Å². The first-order valence-electron chi connectivity index (χ1n) is 13.1. The highest BCUT2D eigenvalue weighted by molar-refractivity contribution is 7.07. The molecule has 1 aliphatic rings. The number of benzene rings is 3. The zero-order chi connectivity index (χ0) is 30.0. The van der Waals surface area contributed by atoms with Gasteiger partial charge in [-0.2, -0.15) is 0 Å². The summed E-state index contributed by atoms with van der Waals surface area (Å²) in [7, 11) is 0. The van der Waals surface area contributed by atoms with Gasteiger partial charge in [-0.1, -0.05) is 59.3 Å². The maximum Gasteiger partial charge on any atom is 0.338 e. The van der Waals surface area contributed by atoms with E-state index in [0.29, 0.717) is 43.5 Å². The first-order valence-corrected chi connectivity index (χ1v) is 14.3. The van der Waals surface area contributed by atoms with Crippen molar-refractivity contribution in [3.05, 3.63) is 135 Å². The Hall–Kier alpha value is -4.54. The van der Waals surface area contributed by atoms with E-state index in [1.54, 1.807) is 51.1 Å². The number of hydrogen-bond acceptors (Lipinski definition) is 8. The van der Waals surface area contributed by atoms with Crippen molar-refractivity contribution in [2.24, 2.45) is 4.99 Å². The molecule has 2 heterocycles. The first-order chi connectivity index (χ1) is 20.2. The normalized spacial score (nSPS) is 14.8. The lowest BCUT2D eigenvalue weighted by molar-refractivity contribution is -0.385. The zero-order valence-electron chi connectivity index (χ0n) is 23.0. The molecule has 5 rings (SSSR count). The third-order valence-corrected chi connectivity index (χ3v) is 7.99. The standard InChI is InChI=1S/C31H26ClN3O6S/c1-4-40-30(37)27-19(3)33-31-34(28(27)22-10-5-18(2)25(16-22)35(38)39)29(36)26(42-31)15-20-8-13-24(14-9-20)41-17-21-6-11-23(32)12-7-21/h5-16,28H,4,17H2,1-3H3/b26-15+/t28-/m0/s1. The van der Waals surface area contributed by atoms with Crippen LogP contribution in [0, 0.1) is 17.0 Å². The Labute approximate surface area is 249 Å². The fourth-order valence-electron chi connectivity index (χ4n) is 4.66. The minimum atomic E-state index is -0.939. The van der Waals surface area contributed by atoms with Crippen LogP contribution in [0.1, 0.15) is 42.1 Å². The molecule has 1 aromatic heterocycles. The van der Waals surface area contributed by atoms with Gasteiger partial charge in [-0.05, 0) is 67.8 Å². The van der Waals surface area contributed by atoms with Crippen LogP contribution < -0.4 is 19.6 Å². The molecule has 0 aliphatic carbocycles. The summed E-state index contributed by atoms with van der Waals surface area (Å²) in [6, 6.07) is 18.5. The fourth-order valence-corrected chi connectivity index (χ4v) is 5.83. The summed E-state index contributed by atoms with van der Waals surface area (Å²) in [5.74, 6) is 0.0367. The van der Waals surface area contributed by atoms with Gasteiger partial charge in [0.15, 0.2) is 4.80 Å². The highest BCUT2D eigenvalue weighted by atomic mass is 35.5. The molecule has 1 aliphatic heterocycles. The van der Waals surface area contributed by atoms with Crippen LogP contribution >= 0.6 is 22.9 Å². The van der Waals surface area contributed by atoms with E-state index in [4.69, 9.17) is 21.1 Å².